The monoisotopic (exact) mass is 264 g/mol. The van der Waals surface area contributed by atoms with E-state index in [1.165, 1.54) is 0 Å². The molecule has 19 heavy (non-hydrogen) atoms. The Bertz CT molecular complexity index is 376. The van der Waals surface area contributed by atoms with Gasteiger partial charge < -0.3 is 15.4 Å². The number of hydrogen-bond acceptors (Lipinski definition) is 3. The van der Waals surface area contributed by atoms with Crippen molar-refractivity contribution in [2.45, 2.75) is 39.3 Å². The molecule has 0 aromatic heterocycles. The van der Waals surface area contributed by atoms with Crippen LogP contribution in [0.15, 0.2) is 24.3 Å². The van der Waals surface area contributed by atoms with Crippen molar-refractivity contribution in [1.29, 1.82) is 0 Å². The van der Waals surface area contributed by atoms with Gasteiger partial charge in [0.1, 0.15) is 5.75 Å². The van der Waals surface area contributed by atoms with Crippen LogP contribution < -0.4 is 15.4 Å². The number of methoxy groups -OCH3 is 1. The lowest BCUT2D eigenvalue weighted by molar-refractivity contribution is -0.120. The molecule has 2 N–H and O–H groups in total. The molecule has 0 aliphatic carbocycles. The number of carbonyl (C=O) groups excluding carboxylic acids is 1. The lowest BCUT2D eigenvalue weighted by atomic mass is 10.2. The maximum absolute atomic E-state index is 11.6. The highest BCUT2D eigenvalue weighted by molar-refractivity contribution is 5.78. The van der Waals surface area contributed by atoms with Gasteiger partial charge in [-0.1, -0.05) is 25.5 Å². The SMILES string of the molecule is CCCC(C)NC(=O)CNCc1ccc(OC)cc1. The molecular weight excluding hydrogens is 240 g/mol. The van der Waals surface area contributed by atoms with Crippen LogP contribution in [0, 0.1) is 0 Å². The van der Waals surface area contributed by atoms with Crippen molar-refractivity contribution >= 4 is 5.91 Å². The van der Waals surface area contributed by atoms with E-state index < -0.39 is 0 Å². The van der Waals surface area contributed by atoms with Gasteiger partial charge in [-0.3, -0.25) is 4.79 Å². The Balaban J connectivity index is 2.23. The Morgan fingerprint density at radius 3 is 2.58 bits per heavy atom. The number of nitrogens with one attached hydrogen (secondary N) is 2. The Kier molecular flexibility index (Phi) is 6.97. The maximum Gasteiger partial charge on any atom is 0.234 e. The molecule has 0 saturated carbocycles. The van der Waals surface area contributed by atoms with Crippen LogP contribution in [0.4, 0.5) is 0 Å². The average molecular weight is 264 g/mol. The smallest absolute Gasteiger partial charge is 0.234 e. The molecule has 0 bridgehead atoms. The highest BCUT2D eigenvalue weighted by atomic mass is 16.5. The lowest BCUT2D eigenvalue weighted by Crippen LogP contribution is -2.38. The zero-order valence-corrected chi connectivity index (χ0v) is 12.0. The fourth-order valence-corrected chi connectivity index (χ4v) is 1.89. The van der Waals surface area contributed by atoms with Gasteiger partial charge in [0, 0.05) is 12.6 Å². The van der Waals surface area contributed by atoms with Gasteiger partial charge in [-0.2, -0.15) is 0 Å². The van der Waals surface area contributed by atoms with Gasteiger partial charge in [0.25, 0.3) is 0 Å². The first kappa shape index (κ1) is 15.5. The van der Waals surface area contributed by atoms with E-state index in [1.54, 1.807) is 7.11 Å². The summed E-state index contributed by atoms with van der Waals surface area (Å²) in [7, 11) is 1.65. The van der Waals surface area contributed by atoms with Gasteiger partial charge in [-0.05, 0) is 31.0 Å². The summed E-state index contributed by atoms with van der Waals surface area (Å²) in [6.45, 7) is 5.18. The van der Waals surface area contributed by atoms with Gasteiger partial charge in [0.15, 0.2) is 0 Å². The van der Waals surface area contributed by atoms with Crippen molar-refractivity contribution in [2.24, 2.45) is 0 Å². The van der Waals surface area contributed by atoms with E-state index in [0.717, 1.165) is 24.2 Å². The standard InChI is InChI=1S/C15H24N2O2/c1-4-5-12(2)17-15(18)11-16-10-13-6-8-14(19-3)9-7-13/h6-9,12,16H,4-5,10-11H2,1-3H3,(H,17,18). The summed E-state index contributed by atoms with van der Waals surface area (Å²) in [6, 6.07) is 8.06. The van der Waals surface area contributed by atoms with Crippen LogP contribution in [-0.4, -0.2) is 25.6 Å². The first-order valence-corrected chi connectivity index (χ1v) is 6.78. The number of carbonyl (C=O) groups is 1. The zero-order chi connectivity index (χ0) is 14.1. The topological polar surface area (TPSA) is 50.4 Å². The minimum absolute atomic E-state index is 0.0504. The normalized spacial score (nSPS) is 11.9. The number of rotatable bonds is 8. The summed E-state index contributed by atoms with van der Waals surface area (Å²) in [5.41, 5.74) is 1.13. The zero-order valence-electron chi connectivity index (χ0n) is 12.0. The van der Waals surface area contributed by atoms with Gasteiger partial charge in [-0.15, -0.1) is 0 Å². The predicted octanol–water partition coefficient (Wildman–Crippen LogP) is 2.09. The van der Waals surface area contributed by atoms with Crippen molar-refractivity contribution in [2.75, 3.05) is 13.7 Å². The lowest BCUT2D eigenvalue weighted by Gasteiger charge is -2.13. The Morgan fingerprint density at radius 2 is 2.00 bits per heavy atom. The first-order chi connectivity index (χ1) is 9.15. The minimum Gasteiger partial charge on any atom is -0.497 e. The molecule has 106 valence electrons. The first-order valence-electron chi connectivity index (χ1n) is 6.78. The van der Waals surface area contributed by atoms with E-state index in [2.05, 4.69) is 17.6 Å². The predicted molar refractivity (Wildman–Crippen MR) is 77.2 cm³/mol. The quantitative estimate of drug-likeness (QED) is 0.756. The van der Waals surface area contributed by atoms with Gasteiger partial charge in [-0.25, -0.2) is 0 Å². The van der Waals surface area contributed by atoms with E-state index in [0.29, 0.717) is 13.1 Å². The molecule has 0 radical (unpaired) electrons. The molecule has 4 heteroatoms. The van der Waals surface area contributed by atoms with Crippen LogP contribution in [0.1, 0.15) is 32.3 Å². The summed E-state index contributed by atoms with van der Waals surface area (Å²) in [4.78, 5) is 11.6. The number of ether oxygens (including phenoxy) is 1. The summed E-state index contributed by atoms with van der Waals surface area (Å²) < 4.78 is 5.09. The van der Waals surface area contributed by atoms with Crippen LogP contribution in [0.3, 0.4) is 0 Å². The number of amides is 1. The van der Waals surface area contributed by atoms with Crippen LogP contribution in [-0.2, 0) is 11.3 Å². The van der Waals surface area contributed by atoms with E-state index in [9.17, 15) is 4.79 Å². The van der Waals surface area contributed by atoms with Crippen LogP contribution in [0.25, 0.3) is 0 Å². The molecule has 0 spiro atoms. The molecule has 0 aliphatic rings. The van der Waals surface area contributed by atoms with Gasteiger partial charge in [0.05, 0.1) is 13.7 Å². The van der Waals surface area contributed by atoms with Crippen molar-refractivity contribution in [3.05, 3.63) is 29.8 Å². The van der Waals surface area contributed by atoms with Gasteiger partial charge >= 0.3 is 0 Å². The molecule has 4 nitrogen and oxygen atoms in total. The van der Waals surface area contributed by atoms with Crippen molar-refractivity contribution < 1.29 is 9.53 Å². The highest BCUT2D eigenvalue weighted by Crippen LogP contribution is 2.10. The molecule has 1 aromatic rings. The number of benzene rings is 1. The van der Waals surface area contributed by atoms with E-state index in [-0.39, 0.29) is 11.9 Å². The Hall–Kier alpha value is -1.55. The summed E-state index contributed by atoms with van der Waals surface area (Å²) in [6.07, 6.45) is 2.10. The summed E-state index contributed by atoms with van der Waals surface area (Å²) in [5.74, 6) is 0.893. The molecule has 0 saturated heterocycles. The maximum atomic E-state index is 11.6. The molecule has 0 heterocycles. The minimum atomic E-state index is 0.0504. The molecule has 1 unspecified atom stereocenters. The molecule has 1 atom stereocenters. The second kappa shape index (κ2) is 8.53. The Morgan fingerprint density at radius 1 is 1.32 bits per heavy atom. The number of hydrogen-bond donors (Lipinski definition) is 2. The van der Waals surface area contributed by atoms with E-state index >= 15 is 0 Å². The Labute approximate surface area is 115 Å². The fourth-order valence-electron chi connectivity index (χ4n) is 1.89. The van der Waals surface area contributed by atoms with Gasteiger partial charge in [0.2, 0.25) is 5.91 Å². The van der Waals surface area contributed by atoms with Crippen molar-refractivity contribution in [1.82, 2.24) is 10.6 Å². The van der Waals surface area contributed by atoms with Crippen molar-refractivity contribution in [3.63, 3.8) is 0 Å². The average Bonchev–Trinajstić information content (AvgIpc) is 2.39. The third kappa shape index (κ3) is 6.25. The molecule has 1 amide bonds. The van der Waals surface area contributed by atoms with Crippen LogP contribution in [0.5, 0.6) is 5.75 Å². The third-order valence-corrected chi connectivity index (χ3v) is 2.90. The largest absolute Gasteiger partial charge is 0.497 e. The fraction of sp³-hybridized carbons (Fsp3) is 0.533. The second-order valence-corrected chi connectivity index (χ2v) is 4.71. The molecule has 0 aliphatic heterocycles. The summed E-state index contributed by atoms with van der Waals surface area (Å²) in [5, 5.41) is 6.10. The van der Waals surface area contributed by atoms with Crippen LogP contribution >= 0.6 is 0 Å². The highest BCUT2D eigenvalue weighted by Gasteiger charge is 2.05. The molecule has 1 aromatic carbocycles. The third-order valence-electron chi connectivity index (χ3n) is 2.90. The molecule has 0 fully saturated rings. The van der Waals surface area contributed by atoms with E-state index in [1.807, 2.05) is 31.2 Å². The second-order valence-electron chi connectivity index (χ2n) is 4.71. The van der Waals surface area contributed by atoms with Crippen molar-refractivity contribution in [3.8, 4) is 5.75 Å². The molecule has 1 rings (SSSR count). The molecular formula is C15H24N2O2. The van der Waals surface area contributed by atoms with E-state index in [4.69, 9.17) is 4.74 Å². The summed E-state index contributed by atoms with van der Waals surface area (Å²) >= 11 is 0. The van der Waals surface area contributed by atoms with Crippen LogP contribution in [0.2, 0.25) is 0 Å².